The topological polar surface area (TPSA) is 107 Å². The summed E-state index contributed by atoms with van der Waals surface area (Å²) in [5.41, 5.74) is 0.994. The highest BCUT2D eigenvalue weighted by molar-refractivity contribution is 5.40. The fourth-order valence-electron chi connectivity index (χ4n) is 0.971. The van der Waals surface area contributed by atoms with Crippen molar-refractivity contribution in [3.05, 3.63) is 18.1 Å². The zero-order chi connectivity index (χ0) is 6.81. The molecule has 6 nitrogen and oxygen atoms in total. The Kier molecular flexibility index (Phi) is 4.12. The molecule has 6 heteroatoms. The fraction of sp³-hybridized carbons (Fsp3) is 0.333. The Morgan fingerprint density at radius 1 is 1.17 bits per heavy atom. The van der Waals surface area contributed by atoms with Crippen LogP contribution in [-0.4, -0.2) is 16.6 Å². The summed E-state index contributed by atoms with van der Waals surface area (Å²) in [6, 6.07) is 0. The summed E-state index contributed by atoms with van der Waals surface area (Å²) in [6.07, 6.45) is 3.39. The van der Waals surface area contributed by atoms with E-state index in [4.69, 9.17) is 0 Å². The molecule has 1 aliphatic heterocycles. The molecule has 2 heterocycles. The molecule has 2 N–H and O–H groups in total. The van der Waals surface area contributed by atoms with Crippen molar-refractivity contribution in [1.82, 2.24) is 15.3 Å². The smallest absolute Gasteiger partial charge is 0.150 e. The Morgan fingerprint density at radius 3 is 2.67 bits per heavy atom. The van der Waals surface area contributed by atoms with E-state index in [1.54, 1.807) is 12.4 Å². The van der Waals surface area contributed by atoms with Gasteiger partial charge in [-0.3, -0.25) is 10.3 Å². The van der Waals surface area contributed by atoms with Crippen LogP contribution in [0.25, 0.3) is 0 Å². The van der Waals surface area contributed by atoms with Gasteiger partial charge in [0.25, 0.3) is 0 Å². The van der Waals surface area contributed by atoms with Crippen LogP contribution in [0.15, 0.2) is 12.4 Å². The van der Waals surface area contributed by atoms with Crippen LogP contribution in [0, 0.1) is 0 Å². The lowest BCUT2D eigenvalue weighted by atomic mass is 10.3. The van der Waals surface area contributed by atoms with Gasteiger partial charge in [-0.05, 0) is 0 Å². The molecule has 0 unspecified atom stereocenters. The minimum atomic E-state index is 0. The van der Waals surface area contributed by atoms with Crippen molar-refractivity contribution in [1.29, 1.82) is 0 Å². The molecule has 64 valence electrons. The zero-order valence-corrected chi connectivity index (χ0v) is 6.28. The van der Waals surface area contributed by atoms with E-state index in [0.29, 0.717) is 0 Å². The maximum atomic E-state index is 4.13. The van der Waals surface area contributed by atoms with Gasteiger partial charge >= 0.3 is 0 Å². The monoisotopic (exact) mass is 168 g/mol. The molecule has 0 bridgehead atoms. The molecule has 2 rings (SSSR count). The highest BCUT2D eigenvalue weighted by Gasteiger charge is 2.07. The van der Waals surface area contributed by atoms with Gasteiger partial charge in [0.1, 0.15) is 5.82 Å². The van der Waals surface area contributed by atoms with Crippen molar-refractivity contribution in [2.45, 2.75) is 6.54 Å². The van der Waals surface area contributed by atoms with Crippen molar-refractivity contribution in [3.63, 3.8) is 0 Å². The standard InChI is InChI=1S/C6H8N4.2O/c1-2-9-6-5(8-1)3-7-4-10-6;;/h1-2,7H,3-4H2,(H,9,10);;. The van der Waals surface area contributed by atoms with Crippen molar-refractivity contribution in [3.8, 4) is 0 Å². The number of hydrogen-bond acceptors (Lipinski definition) is 4. The van der Waals surface area contributed by atoms with Gasteiger partial charge in [-0.1, -0.05) is 0 Å². The summed E-state index contributed by atoms with van der Waals surface area (Å²) in [7, 11) is 0. The van der Waals surface area contributed by atoms with Gasteiger partial charge in [0, 0.05) is 29.9 Å². The average molecular weight is 168 g/mol. The summed E-state index contributed by atoms with van der Waals surface area (Å²) in [5.74, 6) is 0.904. The van der Waals surface area contributed by atoms with Crippen molar-refractivity contribution >= 4 is 5.82 Å². The minimum absolute atomic E-state index is 0. The van der Waals surface area contributed by atoms with E-state index >= 15 is 0 Å². The Balaban J connectivity index is 0.000000605. The van der Waals surface area contributed by atoms with Gasteiger partial charge in [-0.15, -0.1) is 0 Å². The third-order valence-corrected chi connectivity index (χ3v) is 1.45. The van der Waals surface area contributed by atoms with Gasteiger partial charge < -0.3 is 5.32 Å². The average Bonchev–Trinajstić information content (AvgIpc) is 2.05. The molecule has 0 spiro atoms. The summed E-state index contributed by atoms with van der Waals surface area (Å²) in [4.78, 5) is 8.24. The molecule has 1 aromatic rings. The maximum Gasteiger partial charge on any atom is 0.150 e. The minimum Gasteiger partial charge on any atom is -0.356 e. The van der Waals surface area contributed by atoms with Gasteiger partial charge in [0.05, 0.1) is 12.4 Å². The Labute approximate surface area is 69.7 Å². The molecule has 0 amide bonds. The molecule has 0 saturated heterocycles. The number of nitrogens with zero attached hydrogens (tertiary/aromatic N) is 2. The largest absolute Gasteiger partial charge is 0.356 e. The molecule has 1 aromatic heterocycles. The molecule has 0 saturated carbocycles. The van der Waals surface area contributed by atoms with E-state index in [-0.39, 0.29) is 11.0 Å². The van der Waals surface area contributed by atoms with Crippen LogP contribution in [-0.2, 0) is 17.5 Å². The van der Waals surface area contributed by atoms with Crippen LogP contribution in [0.4, 0.5) is 5.82 Å². The van der Waals surface area contributed by atoms with Gasteiger partial charge in [-0.2, -0.15) is 0 Å². The van der Waals surface area contributed by atoms with Crippen molar-refractivity contribution in [2.24, 2.45) is 0 Å². The fourth-order valence-corrected chi connectivity index (χ4v) is 0.971. The summed E-state index contributed by atoms with van der Waals surface area (Å²) < 4.78 is 0. The van der Waals surface area contributed by atoms with Crippen LogP contribution in [0.3, 0.4) is 0 Å². The van der Waals surface area contributed by atoms with Crippen LogP contribution in [0.5, 0.6) is 0 Å². The first-order chi connectivity index (χ1) is 4.97. The Morgan fingerprint density at radius 2 is 1.92 bits per heavy atom. The summed E-state index contributed by atoms with van der Waals surface area (Å²) in [6.45, 7) is 1.60. The Hall–Kier alpha value is -1.24. The van der Waals surface area contributed by atoms with Crippen molar-refractivity contribution in [2.75, 3.05) is 12.0 Å². The molecular weight excluding hydrogens is 160 g/mol. The lowest BCUT2D eigenvalue weighted by Gasteiger charge is -2.15. The second kappa shape index (κ2) is 4.60. The molecule has 12 heavy (non-hydrogen) atoms. The van der Waals surface area contributed by atoms with Crippen LogP contribution < -0.4 is 10.6 Å². The molecule has 0 fully saturated rings. The third kappa shape index (κ3) is 1.88. The number of fused-ring (bicyclic) bond motifs is 1. The first kappa shape index (κ1) is 10.8. The normalized spacial score (nSPS) is 13.0. The highest BCUT2D eigenvalue weighted by Crippen LogP contribution is 2.09. The molecule has 4 radical (unpaired) electrons. The van der Waals surface area contributed by atoms with Crippen molar-refractivity contribution < 1.29 is 11.0 Å². The van der Waals surface area contributed by atoms with E-state index in [0.717, 1.165) is 24.7 Å². The Bertz CT molecular complexity index is 218. The van der Waals surface area contributed by atoms with Gasteiger partial charge in [0.2, 0.25) is 0 Å². The van der Waals surface area contributed by atoms with Gasteiger partial charge in [-0.25, -0.2) is 4.98 Å². The molecule has 1 aliphatic rings. The van der Waals surface area contributed by atoms with E-state index in [1.165, 1.54) is 0 Å². The first-order valence-corrected chi connectivity index (χ1v) is 3.21. The number of aromatic nitrogens is 2. The predicted molar refractivity (Wildman–Crippen MR) is 38.7 cm³/mol. The quantitative estimate of drug-likeness (QED) is 0.555. The third-order valence-electron chi connectivity index (χ3n) is 1.45. The number of rotatable bonds is 0. The van der Waals surface area contributed by atoms with E-state index in [1.807, 2.05) is 0 Å². The summed E-state index contributed by atoms with van der Waals surface area (Å²) in [5, 5.41) is 6.21. The van der Waals surface area contributed by atoms with Crippen LogP contribution >= 0.6 is 0 Å². The molecule has 0 aromatic carbocycles. The molecular formula is C6H8N4O2. The van der Waals surface area contributed by atoms with E-state index in [9.17, 15) is 0 Å². The van der Waals surface area contributed by atoms with E-state index < -0.39 is 0 Å². The van der Waals surface area contributed by atoms with Gasteiger partial charge in [0.15, 0.2) is 0 Å². The van der Waals surface area contributed by atoms with Crippen LogP contribution in [0.2, 0.25) is 0 Å². The highest BCUT2D eigenvalue weighted by atomic mass is 16.0. The molecule has 0 aliphatic carbocycles. The molecule has 0 atom stereocenters. The number of anilines is 1. The van der Waals surface area contributed by atoms with E-state index in [2.05, 4.69) is 20.6 Å². The lowest BCUT2D eigenvalue weighted by Crippen LogP contribution is -2.28. The lowest BCUT2D eigenvalue weighted by molar-refractivity contribution is 0.682. The zero-order valence-electron chi connectivity index (χ0n) is 6.28. The predicted octanol–water partition coefficient (Wildman–Crippen LogP) is -0.288. The second-order valence-electron chi connectivity index (χ2n) is 2.13. The van der Waals surface area contributed by atoms with Crippen LogP contribution in [0.1, 0.15) is 5.69 Å². The SMILES string of the molecule is [O].[O].c1cnc2c(n1)CNCN2. The number of hydrogen-bond donors (Lipinski definition) is 2. The second-order valence-corrected chi connectivity index (χ2v) is 2.13. The summed E-state index contributed by atoms with van der Waals surface area (Å²) >= 11 is 0. The first-order valence-electron chi connectivity index (χ1n) is 3.21. The maximum absolute atomic E-state index is 4.13. The number of nitrogens with one attached hydrogen (secondary N) is 2.